The average Bonchev–Trinajstić information content (AvgIpc) is 2.98. The van der Waals surface area contributed by atoms with Gasteiger partial charge in [-0.15, -0.1) is 5.10 Å². The summed E-state index contributed by atoms with van der Waals surface area (Å²) in [5, 5.41) is 15.0. The molecule has 0 saturated heterocycles. The van der Waals surface area contributed by atoms with E-state index in [1.165, 1.54) is 16.6 Å². The first kappa shape index (κ1) is 16.8. The van der Waals surface area contributed by atoms with Crippen LogP contribution in [0.2, 0.25) is 0 Å². The van der Waals surface area contributed by atoms with Gasteiger partial charge < -0.3 is 5.32 Å². The molecule has 0 spiro atoms. The van der Waals surface area contributed by atoms with E-state index < -0.39 is 5.91 Å². The van der Waals surface area contributed by atoms with Crippen LogP contribution in [0.1, 0.15) is 21.9 Å². The number of nitrogens with zero attached hydrogens (tertiary/aromatic N) is 5. The van der Waals surface area contributed by atoms with Crippen molar-refractivity contribution in [2.24, 2.45) is 0 Å². The Hall–Kier alpha value is -3.68. The third kappa shape index (κ3) is 3.24. The normalized spacial score (nSPS) is 10.9. The number of aryl methyl sites for hydroxylation is 2. The zero-order valence-corrected chi connectivity index (χ0v) is 14.6. The Morgan fingerprint density at radius 1 is 1.07 bits per heavy atom. The van der Waals surface area contributed by atoms with E-state index in [1.807, 2.05) is 6.92 Å². The number of amides is 1. The second-order valence-corrected chi connectivity index (χ2v) is 6.06. The SMILES string of the molecule is Cc1ccc(NC(=O)c2c(C)nc3ccc(-c4cccc(F)c4)nn23)nn1. The van der Waals surface area contributed by atoms with Crippen molar-refractivity contribution in [3.63, 3.8) is 0 Å². The van der Waals surface area contributed by atoms with Crippen LogP contribution in [0.3, 0.4) is 0 Å². The van der Waals surface area contributed by atoms with Gasteiger partial charge in [-0.05, 0) is 50.2 Å². The van der Waals surface area contributed by atoms with Gasteiger partial charge in [0.1, 0.15) is 5.82 Å². The van der Waals surface area contributed by atoms with Crippen molar-refractivity contribution in [2.75, 3.05) is 5.32 Å². The first-order valence-electron chi connectivity index (χ1n) is 8.25. The van der Waals surface area contributed by atoms with E-state index in [0.717, 1.165) is 5.69 Å². The summed E-state index contributed by atoms with van der Waals surface area (Å²) in [6.45, 7) is 3.54. The molecule has 8 heteroatoms. The van der Waals surface area contributed by atoms with Crippen molar-refractivity contribution >= 4 is 17.4 Å². The fourth-order valence-corrected chi connectivity index (χ4v) is 2.75. The van der Waals surface area contributed by atoms with Crippen molar-refractivity contribution in [2.45, 2.75) is 13.8 Å². The summed E-state index contributed by atoms with van der Waals surface area (Å²) in [6, 6.07) is 13.0. The lowest BCUT2D eigenvalue weighted by Gasteiger charge is -2.06. The van der Waals surface area contributed by atoms with Crippen LogP contribution in [-0.2, 0) is 0 Å². The lowest BCUT2D eigenvalue weighted by atomic mass is 10.1. The molecule has 3 aromatic heterocycles. The summed E-state index contributed by atoms with van der Waals surface area (Å²) in [6.07, 6.45) is 0. The number of rotatable bonds is 3. The molecule has 1 aromatic carbocycles. The summed E-state index contributed by atoms with van der Waals surface area (Å²) in [5.74, 6) is -0.421. The highest BCUT2D eigenvalue weighted by Gasteiger charge is 2.19. The molecule has 134 valence electrons. The Morgan fingerprint density at radius 2 is 1.93 bits per heavy atom. The van der Waals surface area contributed by atoms with E-state index in [4.69, 9.17) is 0 Å². The lowest BCUT2D eigenvalue weighted by Crippen LogP contribution is -2.17. The molecule has 0 aliphatic carbocycles. The number of benzene rings is 1. The maximum absolute atomic E-state index is 13.5. The first-order chi connectivity index (χ1) is 13.0. The van der Waals surface area contributed by atoms with Crippen molar-refractivity contribution in [3.8, 4) is 11.3 Å². The molecule has 0 aliphatic rings. The maximum Gasteiger partial charge on any atom is 0.277 e. The quantitative estimate of drug-likeness (QED) is 0.605. The molecule has 0 radical (unpaired) electrons. The van der Waals surface area contributed by atoms with Gasteiger partial charge in [0.2, 0.25) is 0 Å². The Bertz CT molecular complexity index is 1150. The fourth-order valence-electron chi connectivity index (χ4n) is 2.75. The Morgan fingerprint density at radius 3 is 2.67 bits per heavy atom. The number of imidazole rings is 1. The number of hydrogen-bond acceptors (Lipinski definition) is 5. The van der Waals surface area contributed by atoms with Crippen LogP contribution in [0.25, 0.3) is 16.9 Å². The van der Waals surface area contributed by atoms with E-state index in [2.05, 4.69) is 25.6 Å². The van der Waals surface area contributed by atoms with E-state index in [9.17, 15) is 9.18 Å². The number of hydrogen-bond donors (Lipinski definition) is 1. The van der Waals surface area contributed by atoms with Crippen LogP contribution in [0.15, 0.2) is 48.5 Å². The second kappa shape index (κ2) is 6.56. The van der Waals surface area contributed by atoms with Crippen molar-refractivity contribution in [3.05, 3.63) is 71.4 Å². The van der Waals surface area contributed by atoms with Crippen molar-refractivity contribution < 1.29 is 9.18 Å². The number of halogens is 1. The zero-order valence-electron chi connectivity index (χ0n) is 14.6. The van der Waals surface area contributed by atoms with Gasteiger partial charge in [0.25, 0.3) is 5.91 Å². The van der Waals surface area contributed by atoms with Gasteiger partial charge in [-0.1, -0.05) is 12.1 Å². The number of aromatic nitrogens is 5. The van der Waals surface area contributed by atoms with Crippen LogP contribution >= 0.6 is 0 Å². The summed E-state index contributed by atoms with van der Waals surface area (Å²) in [7, 11) is 0. The summed E-state index contributed by atoms with van der Waals surface area (Å²) in [4.78, 5) is 17.1. The lowest BCUT2D eigenvalue weighted by molar-refractivity contribution is 0.101. The average molecular weight is 362 g/mol. The summed E-state index contributed by atoms with van der Waals surface area (Å²) >= 11 is 0. The monoisotopic (exact) mass is 362 g/mol. The molecule has 4 aromatic rings. The number of carbonyl (C=O) groups excluding carboxylic acids is 1. The van der Waals surface area contributed by atoms with Crippen LogP contribution in [0.5, 0.6) is 0 Å². The molecular formula is C19H15FN6O. The predicted octanol–water partition coefficient (Wildman–Crippen LogP) is 3.19. The van der Waals surface area contributed by atoms with Gasteiger partial charge >= 0.3 is 0 Å². The molecule has 0 fully saturated rings. The maximum atomic E-state index is 13.5. The number of anilines is 1. The van der Waals surface area contributed by atoms with Gasteiger partial charge in [0, 0.05) is 5.56 Å². The highest BCUT2D eigenvalue weighted by Crippen LogP contribution is 2.20. The zero-order chi connectivity index (χ0) is 19.0. The number of nitrogens with one attached hydrogen (secondary N) is 1. The summed E-state index contributed by atoms with van der Waals surface area (Å²) in [5.41, 5.74) is 3.22. The van der Waals surface area contributed by atoms with Gasteiger partial charge in [0.05, 0.1) is 17.1 Å². The molecule has 0 bridgehead atoms. The van der Waals surface area contributed by atoms with Crippen molar-refractivity contribution in [1.82, 2.24) is 24.8 Å². The third-order valence-electron chi connectivity index (χ3n) is 4.03. The Balaban J connectivity index is 1.75. The van der Waals surface area contributed by atoms with Crippen LogP contribution in [0.4, 0.5) is 10.2 Å². The molecule has 7 nitrogen and oxygen atoms in total. The molecule has 0 aliphatic heterocycles. The van der Waals surface area contributed by atoms with Gasteiger partial charge in [-0.2, -0.15) is 10.2 Å². The number of carbonyl (C=O) groups is 1. The number of fused-ring (bicyclic) bond motifs is 1. The van der Waals surface area contributed by atoms with Crippen molar-refractivity contribution in [1.29, 1.82) is 0 Å². The van der Waals surface area contributed by atoms with Gasteiger partial charge in [-0.25, -0.2) is 13.9 Å². The highest BCUT2D eigenvalue weighted by molar-refractivity contribution is 6.03. The Kier molecular flexibility index (Phi) is 4.08. The molecule has 0 unspecified atom stereocenters. The molecule has 0 saturated carbocycles. The minimum Gasteiger partial charge on any atom is -0.304 e. The second-order valence-electron chi connectivity index (χ2n) is 6.06. The minimum atomic E-state index is -0.401. The molecular weight excluding hydrogens is 347 g/mol. The largest absolute Gasteiger partial charge is 0.304 e. The third-order valence-corrected chi connectivity index (χ3v) is 4.03. The van der Waals surface area contributed by atoms with Crippen LogP contribution < -0.4 is 5.32 Å². The molecule has 27 heavy (non-hydrogen) atoms. The topological polar surface area (TPSA) is 85.1 Å². The molecule has 1 amide bonds. The summed E-state index contributed by atoms with van der Waals surface area (Å²) < 4.78 is 15.0. The van der Waals surface area contributed by atoms with E-state index in [0.29, 0.717) is 28.4 Å². The minimum absolute atomic E-state index is 0.283. The molecule has 3 heterocycles. The predicted molar refractivity (Wildman–Crippen MR) is 97.8 cm³/mol. The fraction of sp³-hybridized carbons (Fsp3) is 0.105. The molecule has 1 N–H and O–H groups in total. The highest BCUT2D eigenvalue weighted by atomic mass is 19.1. The van der Waals surface area contributed by atoms with Crippen LogP contribution in [-0.4, -0.2) is 30.7 Å². The van der Waals surface area contributed by atoms with E-state index >= 15 is 0 Å². The van der Waals surface area contributed by atoms with Gasteiger partial charge in [-0.3, -0.25) is 4.79 Å². The van der Waals surface area contributed by atoms with E-state index in [-0.39, 0.29) is 11.5 Å². The van der Waals surface area contributed by atoms with Crippen LogP contribution in [0, 0.1) is 19.7 Å². The molecule has 0 atom stereocenters. The van der Waals surface area contributed by atoms with Gasteiger partial charge in [0.15, 0.2) is 17.2 Å². The standard InChI is InChI=1S/C19H15FN6O/c1-11-6-8-16(24-23-11)22-19(27)18-12(2)21-17-9-7-15(25-26(17)18)13-4-3-5-14(20)10-13/h3-10H,1-2H3,(H,22,24,27). The Labute approximate surface area is 153 Å². The van der Waals surface area contributed by atoms with E-state index in [1.54, 1.807) is 43.3 Å². The first-order valence-corrected chi connectivity index (χ1v) is 8.25. The smallest absolute Gasteiger partial charge is 0.277 e. The molecule has 4 rings (SSSR count).